The molecule has 0 aliphatic rings. The van der Waals surface area contributed by atoms with Gasteiger partial charge in [0.2, 0.25) is 11.8 Å². The number of carbonyl (C=O) groups is 2. The van der Waals surface area contributed by atoms with Gasteiger partial charge in [-0.05, 0) is 54.3 Å². The van der Waals surface area contributed by atoms with E-state index in [4.69, 9.17) is 16.3 Å². The monoisotopic (exact) mass is 496 g/mol. The van der Waals surface area contributed by atoms with Gasteiger partial charge in [0, 0.05) is 31.3 Å². The molecule has 0 aliphatic heterocycles. The molecule has 0 fully saturated rings. The average molecular weight is 497 g/mol. The van der Waals surface area contributed by atoms with Gasteiger partial charge in [0.1, 0.15) is 11.9 Å². The Morgan fingerprint density at radius 3 is 2.29 bits per heavy atom. The van der Waals surface area contributed by atoms with Crippen molar-refractivity contribution in [3.8, 4) is 0 Å². The van der Waals surface area contributed by atoms with Gasteiger partial charge in [0.15, 0.2) is 0 Å². The van der Waals surface area contributed by atoms with Crippen LogP contribution < -0.4 is 5.32 Å². The summed E-state index contributed by atoms with van der Waals surface area (Å²) in [5.41, 5.74) is 2.20. The molecule has 0 spiro atoms. The summed E-state index contributed by atoms with van der Waals surface area (Å²) in [7, 11) is 0. The third-order valence-electron chi connectivity index (χ3n) is 5.50. The topological polar surface area (TPSA) is 58.6 Å². The first-order valence-corrected chi connectivity index (χ1v) is 12.0. The summed E-state index contributed by atoms with van der Waals surface area (Å²) >= 11 is 6.00. The van der Waals surface area contributed by atoms with Gasteiger partial charge >= 0.3 is 0 Å². The lowest BCUT2D eigenvalue weighted by Gasteiger charge is -2.32. The molecule has 35 heavy (non-hydrogen) atoms. The fourth-order valence-electron chi connectivity index (χ4n) is 3.72. The van der Waals surface area contributed by atoms with Gasteiger partial charge in [-0.1, -0.05) is 66.2 Å². The van der Waals surface area contributed by atoms with Crippen molar-refractivity contribution in [2.24, 2.45) is 0 Å². The number of hydrogen-bond acceptors (Lipinski definition) is 3. The van der Waals surface area contributed by atoms with Crippen LogP contribution in [0.15, 0.2) is 78.9 Å². The zero-order chi connectivity index (χ0) is 25.0. The fourth-order valence-corrected chi connectivity index (χ4v) is 3.85. The van der Waals surface area contributed by atoms with Crippen LogP contribution in [0.25, 0.3) is 0 Å². The fraction of sp³-hybridized carbons (Fsp3) is 0.286. The number of nitrogens with zero attached hydrogens (tertiary/aromatic N) is 1. The van der Waals surface area contributed by atoms with E-state index in [1.165, 1.54) is 12.1 Å². The van der Waals surface area contributed by atoms with Crippen LogP contribution in [0.2, 0.25) is 5.02 Å². The molecule has 184 valence electrons. The first-order valence-electron chi connectivity index (χ1n) is 11.7. The molecule has 3 aromatic carbocycles. The maximum absolute atomic E-state index is 13.6. The van der Waals surface area contributed by atoms with Crippen LogP contribution in [-0.4, -0.2) is 36.5 Å². The minimum atomic E-state index is -0.854. The third-order valence-corrected chi connectivity index (χ3v) is 5.75. The number of rotatable bonds is 12. The highest BCUT2D eigenvalue weighted by atomic mass is 35.5. The SMILES string of the molecule is CCOCCCNC(=O)C(c1ccccc1)N(Cc1ccc(F)cc1)C(=O)Cc1ccc(Cl)cc1. The minimum absolute atomic E-state index is 0.0965. The van der Waals surface area contributed by atoms with Crippen molar-refractivity contribution in [2.75, 3.05) is 19.8 Å². The number of hydrogen-bond donors (Lipinski definition) is 1. The predicted octanol–water partition coefficient (Wildman–Crippen LogP) is 5.33. The number of ether oxygens (including phenoxy) is 1. The second-order valence-corrected chi connectivity index (χ2v) is 8.54. The van der Waals surface area contributed by atoms with Gasteiger partial charge in [-0.3, -0.25) is 9.59 Å². The standard InChI is InChI=1S/C28H30ClFN2O3/c1-2-35-18-6-17-31-28(34)27(23-7-4-3-5-8-23)32(20-22-11-15-25(30)16-12-22)26(33)19-21-9-13-24(29)14-10-21/h3-5,7-16,27H,2,6,17-20H2,1H3,(H,31,34). The molecule has 0 aliphatic carbocycles. The second kappa shape index (κ2) is 13.6. The van der Waals surface area contributed by atoms with Gasteiger partial charge in [0.05, 0.1) is 6.42 Å². The highest BCUT2D eigenvalue weighted by Crippen LogP contribution is 2.25. The van der Waals surface area contributed by atoms with E-state index in [0.29, 0.717) is 36.8 Å². The van der Waals surface area contributed by atoms with Crippen LogP contribution in [0.3, 0.4) is 0 Å². The first-order chi connectivity index (χ1) is 17.0. The highest BCUT2D eigenvalue weighted by Gasteiger charge is 2.31. The molecular formula is C28H30ClFN2O3. The molecule has 2 amide bonds. The molecule has 3 rings (SSSR count). The average Bonchev–Trinajstić information content (AvgIpc) is 2.87. The third kappa shape index (κ3) is 8.19. The molecule has 3 aromatic rings. The molecule has 0 saturated heterocycles. The molecule has 1 atom stereocenters. The van der Waals surface area contributed by atoms with Gasteiger partial charge in [-0.2, -0.15) is 0 Å². The molecule has 1 unspecified atom stereocenters. The molecule has 0 saturated carbocycles. The lowest BCUT2D eigenvalue weighted by molar-refractivity contribution is -0.141. The Labute approximate surface area is 210 Å². The number of nitrogens with one attached hydrogen (secondary N) is 1. The summed E-state index contributed by atoms with van der Waals surface area (Å²) in [6.07, 6.45) is 0.761. The van der Waals surface area contributed by atoms with E-state index >= 15 is 0 Å². The van der Waals surface area contributed by atoms with E-state index in [9.17, 15) is 14.0 Å². The maximum Gasteiger partial charge on any atom is 0.247 e. The number of halogens is 2. The lowest BCUT2D eigenvalue weighted by Crippen LogP contribution is -2.44. The minimum Gasteiger partial charge on any atom is -0.382 e. The van der Waals surface area contributed by atoms with Crippen molar-refractivity contribution in [1.29, 1.82) is 0 Å². The molecule has 1 N–H and O–H groups in total. The zero-order valence-corrected chi connectivity index (χ0v) is 20.5. The number of carbonyl (C=O) groups excluding carboxylic acids is 2. The summed E-state index contributed by atoms with van der Waals surface area (Å²) in [6, 6.07) is 21.3. The Hall–Kier alpha value is -3.22. The van der Waals surface area contributed by atoms with E-state index in [1.54, 1.807) is 41.3 Å². The van der Waals surface area contributed by atoms with Crippen molar-refractivity contribution < 1.29 is 18.7 Å². The number of benzene rings is 3. The molecule has 0 bridgehead atoms. The van der Waals surface area contributed by atoms with Crippen molar-refractivity contribution in [3.05, 3.63) is 106 Å². The van der Waals surface area contributed by atoms with Crippen molar-refractivity contribution >= 4 is 23.4 Å². The summed E-state index contributed by atoms with van der Waals surface area (Å²) in [5, 5.41) is 3.53. The normalized spacial score (nSPS) is 11.6. The van der Waals surface area contributed by atoms with Gasteiger partial charge in [0.25, 0.3) is 0 Å². The van der Waals surface area contributed by atoms with E-state index in [-0.39, 0.29) is 30.6 Å². The molecule has 7 heteroatoms. The van der Waals surface area contributed by atoms with Gasteiger partial charge in [-0.15, -0.1) is 0 Å². The number of amides is 2. The van der Waals surface area contributed by atoms with Crippen LogP contribution in [0, 0.1) is 5.82 Å². The van der Waals surface area contributed by atoms with Crippen molar-refractivity contribution in [1.82, 2.24) is 10.2 Å². The molecule has 0 radical (unpaired) electrons. The van der Waals surface area contributed by atoms with E-state index < -0.39 is 6.04 Å². The summed E-state index contributed by atoms with van der Waals surface area (Å²) in [5.74, 6) is -0.867. The van der Waals surface area contributed by atoms with Crippen LogP contribution >= 0.6 is 11.6 Å². The summed E-state index contributed by atoms with van der Waals surface area (Å²) < 4.78 is 18.9. The van der Waals surface area contributed by atoms with E-state index in [0.717, 1.165) is 11.1 Å². The van der Waals surface area contributed by atoms with Gasteiger partial charge in [-0.25, -0.2) is 4.39 Å². The summed E-state index contributed by atoms with van der Waals surface area (Å²) in [4.78, 5) is 28.6. The van der Waals surface area contributed by atoms with E-state index in [2.05, 4.69) is 5.32 Å². The smallest absolute Gasteiger partial charge is 0.247 e. The summed E-state index contributed by atoms with van der Waals surface area (Å²) in [6.45, 7) is 3.66. The van der Waals surface area contributed by atoms with Crippen molar-refractivity contribution in [2.45, 2.75) is 32.4 Å². The van der Waals surface area contributed by atoms with Crippen molar-refractivity contribution in [3.63, 3.8) is 0 Å². The maximum atomic E-state index is 13.6. The molecule has 5 nitrogen and oxygen atoms in total. The van der Waals surface area contributed by atoms with Crippen LogP contribution in [0.4, 0.5) is 4.39 Å². The lowest BCUT2D eigenvalue weighted by atomic mass is 10.0. The Balaban J connectivity index is 1.90. The van der Waals surface area contributed by atoms with Crippen LogP contribution in [-0.2, 0) is 27.3 Å². The Bertz CT molecular complexity index is 1080. The molecule has 0 heterocycles. The van der Waals surface area contributed by atoms with Gasteiger partial charge < -0.3 is 15.0 Å². The predicted molar refractivity (Wildman–Crippen MR) is 135 cm³/mol. The zero-order valence-electron chi connectivity index (χ0n) is 19.8. The second-order valence-electron chi connectivity index (χ2n) is 8.11. The van der Waals surface area contributed by atoms with E-state index in [1.807, 2.05) is 37.3 Å². The van der Waals surface area contributed by atoms with Crippen LogP contribution in [0.5, 0.6) is 0 Å². The first kappa shape index (κ1) is 26.4. The van der Waals surface area contributed by atoms with Crippen LogP contribution in [0.1, 0.15) is 36.1 Å². The largest absolute Gasteiger partial charge is 0.382 e. The molecule has 0 aromatic heterocycles. The Morgan fingerprint density at radius 2 is 1.63 bits per heavy atom. The Morgan fingerprint density at radius 1 is 0.971 bits per heavy atom. The molecular weight excluding hydrogens is 467 g/mol. The quantitative estimate of drug-likeness (QED) is 0.344. The Kier molecular flexibility index (Phi) is 10.3. The highest BCUT2D eigenvalue weighted by molar-refractivity contribution is 6.30.